The molecule has 0 fully saturated rings. The van der Waals surface area contributed by atoms with Gasteiger partial charge in [0.15, 0.2) is 11.2 Å². The highest BCUT2D eigenvalue weighted by Gasteiger charge is 2.33. The van der Waals surface area contributed by atoms with Gasteiger partial charge in [-0.15, -0.1) is 0 Å². The number of hydrogen-bond donors (Lipinski definition) is 1. The van der Waals surface area contributed by atoms with Crippen molar-refractivity contribution >= 4 is 22.7 Å². The summed E-state index contributed by atoms with van der Waals surface area (Å²) in [7, 11) is 0. The van der Waals surface area contributed by atoms with Crippen LogP contribution in [-0.4, -0.2) is 29.7 Å². The largest absolute Gasteiger partial charge is 0.458 e. The lowest BCUT2D eigenvalue weighted by Gasteiger charge is -2.35. The van der Waals surface area contributed by atoms with E-state index in [1.165, 1.54) is 25.1 Å². The van der Waals surface area contributed by atoms with Gasteiger partial charge in [0.2, 0.25) is 0 Å². The van der Waals surface area contributed by atoms with Crippen molar-refractivity contribution in [2.24, 2.45) is 11.7 Å². The molecule has 0 aliphatic rings. The van der Waals surface area contributed by atoms with Crippen molar-refractivity contribution in [1.82, 2.24) is 4.90 Å². The van der Waals surface area contributed by atoms with Gasteiger partial charge in [0, 0.05) is 35.7 Å². The average Bonchev–Trinajstić information content (AvgIpc) is 2.92. The van der Waals surface area contributed by atoms with Gasteiger partial charge in [0.25, 0.3) is 5.91 Å². The number of Topliss-reactive ketones (excluding diaryl/α,β-unsaturated/α-hetero) is 1. The first-order valence-electron chi connectivity index (χ1n) is 13.1. The third kappa shape index (κ3) is 6.15. The minimum absolute atomic E-state index is 0.0928. The molecule has 3 aromatic carbocycles. The number of rotatable bonds is 10. The van der Waals surface area contributed by atoms with Crippen LogP contribution in [0.1, 0.15) is 70.8 Å². The fourth-order valence-corrected chi connectivity index (χ4v) is 4.88. The number of halogens is 1. The Bertz CT molecular complexity index is 1530. The van der Waals surface area contributed by atoms with Crippen molar-refractivity contribution in [2.75, 3.05) is 13.1 Å². The lowest BCUT2D eigenvalue weighted by Crippen LogP contribution is -2.40. The summed E-state index contributed by atoms with van der Waals surface area (Å²) in [5, 5.41) is 0.285. The molecule has 0 radical (unpaired) electrons. The van der Waals surface area contributed by atoms with Crippen LogP contribution in [0.5, 0.6) is 0 Å². The van der Waals surface area contributed by atoms with E-state index in [9.17, 15) is 18.8 Å². The van der Waals surface area contributed by atoms with Crippen LogP contribution < -0.4 is 11.2 Å². The number of carbonyl (C=O) groups is 2. The Hall–Kier alpha value is -4.10. The molecule has 0 saturated heterocycles. The molecule has 1 heterocycles. The van der Waals surface area contributed by atoms with E-state index in [0.717, 1.165) is 5.56 Å². The molecule has 202 valence electrons. The van der Waals surface area contributed by atoms with Gasteiger partial charge in [-0.3, -0.25) is 14.4 Å². The summed E-state index contributed by atoms with van der Waals surface area (Å²) in [5.74, 6) is -0.709. The van der Waals surface area contributed by atoms with Gasteiger partial charge in [-0.1, -0.05) is 56.3 Å². The zero-order valence-electron chi connectivity index (χ0n) is 22.4. The molecule has 1 aromatic heterocycles. The van der Waals surface area contributed by atoms with Gasteiger partial charge in [-0.05, 0) is 55.6 Å². The Morgan fingerprint density at radius 2 is 1.64 bits per heavy atom. The highest BCUT2D eigenvalue weighted by Crippen LogP contribution is 2.34. The Morgan fingerprint density at radius 3 is 2.26 bits per heavy atom. The molecule has 6 nitrogen and oxygen atoms in total. The van der Waals surface area contributed by atoms with Crippen molar-refractivity contribution in [3.8, 4) is 0 Å². The molecule has 0 spiro atoms. The third-order valence-corrected chi connectivity index (χ3v) is 6.84. The minimum Gasteiger partial charge on any atom is -0.458 e. The first kappa shape index (κ1) is 27.9. The van der Waals surface area contributed by atoms with Crippen molar-refractivity contribution < 1.29 is 18.4 Å². The molecule has 0 aliphatic heterocycles. The molecule has 0 bridgehead atoms. The van der Waals surface area contributed by atoms with Crippen LogP contribution in [-0.2, 0) is 6.42 Å². The molecule has 1 unspecified atom stereocenters. The Labute approximate surface area is 227 Å². The predicted molar refractivity (Wildman–Crippen MR) is 150 cm³/mol. The van der Waals surface area contributed by atoms with E-state index in [-0.39, 0.29) is 34.0 Å². The van der Waals surface area contributed by atoms with Gasteiger partial charge in [0.05, 0.1) is 11.4 Å². The van der Waals surface area contributed by atoms with E-state index in [0.29, 0.717) is 48.4 Å². The van der Waals surface area contributed by atoms with Crippen LogP contribution in [0.25, 0.3) is 11.0 Å². The summed E-state index contributed by atoms with van der Waals surface area (Å²) in [5.41, 5.74) is 7.97. The first-order chi connectivity index (χ1) is 18.7. The zero-order chi connectivity index (χ0) is 28.1. The first-order valence-corrected chi connectivity index (χ1v) is 13.1. The second-order valence-corrected chi connectivity index (χ2v) is 10.0. The van der Waals surface area contributed by atoms with Crippen LogP contribution in [0.4, 0.5) is 4.39 Å². The van der Waals surface area contributed by atoms with Gasteiger partial charge in [-0.25, -0.2) is 4.39 Å². The summed E-state index contributed by atoms with van der Waals surface area (Å²) in [6.07, 6.45) is 0.822. The van der Waals surface area contributed by atoms with Crippen molar-refractivity contribution in [3.63, 3.8) is 0 Å². The molecule has 1 amide bonds. The normalized spacial score (nSPS) is 12.1. The van der Waals surface area contributed by atoms with Crippen molar-refractivity contribution in [3.05, 3.63) is 117 Å². The van der Waals surface area contributed by atoms with Gasteiger partial charge >= 0.3 is 0 Å². The number of hydrogen-bond acceptors (Lipinski definition) is 5. The topological polar surface area (TPSA) is 93.6 Å². The van der Waals surface area contributed by atoms with Crippen LogP contribution in [0, 0.1) is 11.7 Å². The second-order valence-electron chi connectivity index (χ2n) is 10.0. The number of carbonyl (C=O) groups excluding carboxylic acids is 2. The zero-order valence-corrected chi connectivity index (χ0v) is 22.4. The maximum atomic E-state index is 14.2. The third-order valence-electron chi connectivity index (χ3n) is 6.84. The molecule has 39 heavy (non-hydrogen) atoms. The number of fused-ring (bicyclic) bond motifs is 1. The number of ketones is 1. The number of benzene rings is 3. The lowest BCUT2D eigenvalue weighted by molar-refractivity contribution is 0.0587. The van der Waals surface area contributed by atoms with E-state index >= 15 is 0 Å². The predicted octanol–water partition coefficient (Wildman–Crippen LogP) is 5.91. The van der Waals surface area contributed by atoms with E-state index in [4.69, 9.17) is 10.2 Å². The standard InChI is InChI=1S/C32H33FN2O4/c1-20(2)29(35(17-7-16-34)32(38)24-12-10-23(11-13-24)21(3)36)31-27(18-22-8-5-4-6-9-22)30(37)26-15-14-25(33)19-28(26)39-31/h4-6,8-15,19-20,29H,7,16-18,34H2,1-3H3. The van der Waals surface area contributed by atoms with E-state index in [1.807, 2.05) is 44.2 Å². The summed E-state index contributed by atoms with van der Waals surface area (Å²) >= 11 is 0. The van der Waals surface area contributed by atoms with Gasteiger partial charge < -0.3 is 15.1 Å². The molecule has 4 rings (SSSR count). The van der Waals surface area contributed by atoms with Gasteiger partial charge in [-0.2, -0.15) is 0 Å². The Kier molecular flexibility index (Phi) is 8.72. The highest BCUT2D eigenvalue weighted by molar-refractivity contribution is 5.98. The minimum atomic E-state index is -0.629. The smallest absolute Gasteiger partial charge is 0.254 e. The summed E-state index contributed by atoms with van der Waals surface area (Å²) < 4.78 is 20.5. The molecule has 4 aromatic rings. The summed E-state index contributed by atoms with van der Waals surface area (Å²) in [6.45, 7) is 6.06. The molecule has 0 aliphatic carbocycles. The maximum absolute atomic E-state index is 14.2. The van der Waals surface area contributed by atoms with Crippen LogP contribution in [0.15, 0.2) is 82.0 Å². The quantitative estimate of drug-likeness (QED) is 0.258. The van der Waals surface area contributed by atoms with Crippen LogP contribution >= 0.6 is 0 Å². The summed E-state index contributed by atoms with van der Waals surface area (Å²) in [6, 6.07) is 19.3. The van der Waals surface area contributed by atoms with Crippen molar-refractivity contribution in [2.45, 2.75) is 39.7 Å². The number of nitrogens with two attached hydrogens (primary N) is 1. The lowest BCUT2D eigenvalue weighted by atomic mass is 9.91. The molecule has 2 N–H and O–H groups in total. The molecule has 1 atom stereocenters. The maximum Gasteiger partial charge on any atom is 0.254 e. The monoisotopic (exact) mass is 528 g/mol. The Morgan fingerprint density at radius 1 is 0.974 bits per heavy atom. The Balaban J connectivity index is 1.91. The molecule has 7 heteroatoms. The number of nitrogens with zero attached hydrogens (tertiary/aromatic N) is 1. The number of amides is 1. The fourth-order valence-electron chi connectivity index (χ4n) is 4.88. The highest BCUT2D eigenvalue weighted by atomic mass is 19.1. The van der Waals surface area contributed by atoms with E-state index in [2.05, 4.69) is 0 Å². The molecule has 0 saturated carbocycles. The van der Waals surface area contributed by atoms with E-state index < -0.39 is 11.9 Å². The fraction of sp³-hybridized carbons (Fsp3) is 0.281. The van der Waals surface area contributed by atoms with Crippen molar-refractivity contribution in [1.29, 1.82) is 0 Å². The average molecular weight is 529 g/mol. The van der Waals surface area contributed by atoms with Crippen LogP contribution in [0.3, 0.4) is 0 Å². The molecular weight excluding hydrogens is 495 g/mol. The molecular formula is C32H33FN2O4. The van der Waals surface area contributed by atoms with E-state index in [1.54, 1.807) is 29.2 Å². The summed E-state index contributed by atoms with van der Waals surface area (Å²) in [4.78, 5) is 41.2. The SMILES string of the molecule is CC(=O)c1ccc(C(=O)N(CCCN)C(c2oc3cc(F)ccc3c(=O)c2Cc2ccccc2)C(C)C)cc1. The van der Waals surface area contributed by atoms with Gasteiger partial charge in [0.1, 0.15) is 17.2 Å². The second kappa shape index (κ2) is 12.2. The van der Waals surface area contributed by atoms with Crippen LogP contribution in [0.2, 0.25) is 0 Å².